The minimum absolute atomic E-state index is 0.196. The van der Waals surface area contributed by atoms with Gasteiger partial charge in [0.1, 0.15) is 0 Å². The van der Waals surface area contributed by atoms with Crippen LogP contribution in [0.4, 0.5) is 0 Å². The van der Waals surface area contributed by atoms with E-state index < -0.39 is 0 Å². The average molecular weight is 315 g/mol. The Balaban J connectivity index is 1.32. The number of hydrogen-bond acceptors (Lipinski definition) is 3. The molecule has 1 amide bonds. The number of piperazine rings is 1. The van der Waals surface area contributed by atoms with E-state index >= 15 is 0 Å². The molecule has 4 heteroatoms. The van der Waals surface area contributed by atoms with E-state index in [1.54, 1.807) is 0 Å². The van der Waals surface area contributed by atoms with Crippen molar-refractivity contribution in [3.05, 3.63) is 35.9 Å². The van der Waals surface area contributed by atoms with Gasteiger partial charge in [0.25, 0.3) is 0 Å². The van der Waals surface area contributed by atoms with Gasteiger partial charge in [-0.2, -0.15) is 0 Å². The average Bonchev–Trinajstić information content (AvgIpc) is 3.40. The quantitative estimate of drug-likeness (QED) is 0.833. The Morgan fingerprint density at radius 3 is 2.43 bits per heavy atom. The number of hydrogen-bond donors (Lipinski definition) is 1. The highest BCUT2D eigenvalue weighted by Crippen LogP contribution is 2.32. The van der Waals surface area contributed by atoms with Gasteiger partial charge in [-0.15, -0.1) is 0 Å². The zero-order valence-electron chi connectivity index (χ0n) is 14.2. The van der Waals surface area contributed by atoms with Crippen molar-refractivity contribution in [1.82, 2.24) is 15.1 Å². The molecular formula is C19H29N3O. The predicted octanol–water partition coefficient (Wildman–Crippen LogP) is 1.76. The van der Waals surface area contributed by atoms with E-state index in [9.17, 15) is 4.79 Å². The second-order valence-corrected chi connectivity index (χ2v) is 7.05. The third-order valence-electron chi connectivity index (χ3n) is 5.11. The molecule has 1 saturated heterocycles. The van der Waals surface area contributed by atoms with Crippen LogP contribution in [-0.2, 0) is 11.2 Å². The van der Waals surface area contributed by atoms with E-state index in [0.717, 1.165) is 45.1 Å². The summed E-state index contributed by atoms with van der Waals surface area (Å²) in [5.74, 6) is 0.927. The summed E-state index contributed by atoms with van der Waals surface area (Å²) in [6, 6.07) is 11.0. The molecule has 2 fully saturated rings. The Hall–Kier alpha value is -1.39. The first kappa shape index (κ1) is 16.5. The molecule has 1 saturated carbocycles. The van der Waals surface area contributed by atoms with Crippen LogP contribution in [-0.4, -0.2) is 61.0 Å². The van der Waals surface area contributed by atoms with Crippen molar-refractivity contribution in [1.29, 1.82) is 0 Å². The summed E-state index contributed by atoms with van der Waals surface area (Å²) in [5.41, 5.74) is 1.41. The van der Waals surface area contributed by atoms with Crippen LogP contribution < -0.4 is 5.32 Å². The van der Waals surface area contributed by atoms with E-state index in [-0.39, 0.29) is 5.91 Å². The second-order valence-electron chi connectivity index (χ2n) is 7.05. The van der Waals surface area contributed by atoms with E-state index in [1.807, 2.05) is 0 Å². The first-order valence-electron chi connectivity index (χ1n) is 8.99. The molecule has 0 radical (unpaired) electrons. The fourth-order valence-electron chi connectivity index (χ4n) is 3.32. The Kier molecular flexibility index (Phi) is 5.68. The first-order chi connectivity index (χ1) is 11.2. The standard InChI is InChI=1S/C19H29N3O/c1-16(18-7-8-18)20-19(23)15-22-13-11-21(12-14-22)10-9-17-5-3-2-4-6-17/h2-6,16,18H,7-15H2,1H3,(H,20,23)/t16-/m1/s1. The van der Waals surface area contributed by atoms with Gasteiger partial charge in [0.15, 0.2) is 0 Å². The molecule has 0 spiro atoms. The molecule has 2 aliphatic rings. The first-order valence-corrected chi connectivity index (χ1v) is 8.99. The largest absolute Gasteiger partial charge is 0.352 e. The molecule has 1 aromatic carbocycles. The monoisotopic (exact) mass is 315 g/mol. The van der Waals surface area contributed by atoms with Crippen molar-refractivity contribution in [2.75, 3.05) is 39.3 Å². The maximum Gasteiger partial charge on any atom is 0.234 e. The summed E-state index contributed by atoms with van der Waals surface area (Å²) in [4.78, 5) is 16.9. The highest BCUT2D eigenvalue weighted by Gasteiger charge is 2.29. The zero-order chi connectivity index (χ0) is 16.1. The van der Waals surface area contributed by atoms with Crippen LogP contribution >= 0.6 is 0 Å². The summed E-state index contributed by atoms with van der Waals surface area (Å²) in [5, 5.41) is 3.15. The lowest BCUT2D eigenvalue weighted by Gasteiger charge is -2.34. The molecule has 0 bridgehead atoms. The van der Waals surface area contributed by atoms with Crippen LogP contribution in [0.1, 0.15) is 25.3 Å². The minimum Gasteiger partial charge on any atom is -0.352 e. The smallest absolute Gasteiger partial charge is 0.234 e. The van der Waals surface area contributed by atoms with Crippen molar-refractivity contribution < 1.29 is 4.79 Å². The molecule has 1 aromatic rings. The van der Waals surface area contributed by atoms with Gasteiger partial charge in [0.05, 0.1) is 6.54 Å². The van der Waals surface area contributed by atoms with Gasteiger partial charge in [0, 0.05) is 38.8 Å². The predicted molar refractivity (Wildman–Crippen MR) is 93.4 cm³/mol. The van der Waals surface area contributed by atoms with Crippen LogP contribution in [0, 0.1) is 5.92 Å². The highest BCUT2D eigenvalue weighted by molar-refractivity contribution is 5.78. The van der Waals surface area contributed by atoms with Crippen molar-refractivity contribution in [3.63, 3.8) is 0 Å². The fourth-order valence-corrected chi connectivity index (χ4v) is 3.32. The molecule has 4 nitrogen and oxygen atoms in total. The molecule has 1 N–H and O–H groups in total. The summed E-state index contributed by atoms with van der Waals surface area (Å²) >= 11 is 0. The summed E-state index contributed by atoms with van der Waals surface area (Å²) < 4.78 is 0. The lowest BCUT2D eigenvalue weighted by molar-refractivity contribution is -0.123. The van der Waals surface area contributed by atoms with Crippen molar-refractivity contribution >= 4 is 5.91 Å². The van der Waals surface area contributed by atoms with E-state index in [2.05, 4.69) is 52.4 Å². The Morgan fingerprint density at radius 2 is 1.78 bits per heavy atom. The number of benzene rings is 1. The van der Waals surface area contributed by atoms with Crippen LogP contribution in [0.25, 0.3) is 0 Å². The zero-order valence-corrected chi connectivity index (χ0v) is 14.2. The number of nitrogens with zero attached hydrogens (tertiary/aromatic N) is 2. The SMILES string of the molecule is C[C@@H](NC(=O)CN1CCN(CCc2ccccc2)CC1)C1CC1. The normalized spacial score (nSPS) is 21.1. The molecule has 3 rings (SSSR count). The third-order valence-corrected chi connectivity index (χ3v) is 5.11. The van der Waals surface area contributed by atoms with Gasteiger partial charge in [-0.25, -0.2) is 0 Å². The second kappa shape index (κ2) is 7.93. The maximum absolute atomic E-state index is 12.1. The van der Waals surface area contributed by atoms with Crippen LogP contribution in [0.15, 0.2) is 30.3 Å². The Morgan fingerprint density at radius 1 is 1.13 bits per heavy atom. The highest BCUT2D eigenvalue weighted by atomic mass is 16.2. The van der Waals surface area contributed by atoms with Gasteiger partial charge in [-0.05, 0) is 37.7 Å². The summed E-state index contributed by atoms with van der Waals surface area (Å²) in [6.45, 7) is 7.94. The van der Waals surface area contributed by atoms with Gasteiger partial charge >= 0.3 is 0 Å². The number of carbonyl (C=O) groups is 1. The van der Waals surface area contributed by atoms with Crippen molar-refractivity contribution in [3.8, 4) is 0 Å². The topological polar surface area (TPSA) is 35.6 Å². The summed E-state index contributed by atoms with van der Waals surface area (Å²) in [7, 11) is 0. The molecule has 126 valence electrons. The van der Waals surface area contributed by atoms with Crippen molar-refractivity contribution in [2.24, 2.45) is 5.92 Å². The molecule has 23 heavy (non-hydrogen) atoms. The van der Waals surface area contributed by atoms with E-state index in [4.69, 9.17) is 0 Å². The lowest BCUT2D eigenvalue weighted by atomic mass is 10.1. The van der Waals surface area contributed by atoms with Crippen LogP contribution in [0.5, 0.6) is 0 Å². The molecule has 1 atom stereocenters. The van der Waals surface area contributed by atoms with E-state index in [0.29, 0.717) is 12.6 Å². The van der Waals surface area contributed by atoms with Crippen LogP contribution in [0.2, 0.25) is 0 Å². The molecule has 1 aliphatic heterocycles. The van der Waals surface area contributed by atoms with Gasteiger partial charge in [0.2, 0.25) is 5.91 Å². The number of carbonyl (C=O) groups excluding carboxylic acids is 1. The van der Waals surface area contributed by atoms with Crippen LogP contribution in [0.3, 0.4) is 0 Å². The third kappa shape index (κ3) is 5.33. The van der Waals surface area contributed by atoms with Gasteiger partial charge in [-0.3, -0.25) is 9.69 Å². The number of amides is 1. The minimum atomic E-state index is 0.196. The van der Waals surface area contributed by atoms with Gasteiger partial charge in [-0.1, -0.05) is 30.3 Å². The molecular weight excluding hydrogens is 286 g/mol. The summed E-state index contributed by atoms with van der Waals surface area (Å²) in [6.07, 6.45) is 3.67. The van der Waals surface area contributed by atoms with Crippen molar-refractivity contribution in [2.45, 2.75) is 32.2 Å². The maximum atomic E-state index is 12.1. The lowest BCUT2D eigenvalue weighted by Crippen LogP contribution is -2.50. The Bertz CT molecular complexity index is 493. The molecule has 1 aliphatic carbocycles. The molecule has 0 aromatic heterocycles. The van der Waals surface area contributed by atoms with E-state index in [1.165, 1.54) is 18.4 Å². The number of nitrogens with one attached hydrogen (secondary N) is 1. The van der Waals surface area contributed by atoms with Gasteiger partial charge < -0.3 is 10.2 Å². The molecule has 1 heterocycles. The number of rotatable bonds is 7. The fraction of sp³-hybridized carbons (Fsp3) is 0.632. The Labute approximate surface area is 139 Å². The molecule has 0 unspecified atom stereocenters.